The third-order valence-corrected chi connectivity index (χ3v) is 7.39. The van der Waals surface area contributed by atoms with Gasteiger partial charge in [0.25, 0.3) is 10.0 Å². The monoisotopic (exact) mass is 399 g/mol. The second-order valence-corrected chi connectivity index (χ2v) is 9.52. The van der Waals surface area contributed by atoms with Crippen molar-refractivity contribution in [2.75, 3.05) is 0 Å². The molecule has 0 amide bonds. The minimum absolute atomic E-state index is 0.0334. The predicted octanol–water partition coefficient (Wildman–Crippen LogP) is 5.02. The van der Waals surface area contributed by atoms with Crippen molar-refractivity contribution in [3.05, 3.63) is 64.1 Å². The SMILES string of the molecule is CC(=O)c1cn(S(=O)(=O)c2c(C)cc(C)cc2C)c2c(F)c(C3CC3)ccc12. The predicted molar refractivity (Wildman–Crippen MR) is 107 cm³/mol. The molecule has 0 bridgehead atoms. The maximum Gasteiger partial charge on any atom is 0.268 e. The average Bonchev–Trinajstić information content (AvgIpc) is 3.32. The third kappa shape index (κ3) is 2.78. The second-order valence-electron chi connectivity index (χ2n) is 7.77. The lowest BCUT2D eigenvalue weighted by molar-refractivity contribution is 0.101. The van der Waals surface area contributed by atoms with Gasteiger partial charge in [-0.25, -0.2) is 16.8 Å². The molecule has 1 saturated carbocycles. The van der Waals surface area contributed by atoms with Crippen molar-refractivity contribution < 1.29 is 17.6 Å². The Morgan fingerprint density at radius 1 is 1.11 bits per heavy atom. The molecule has 1 aliphatic rings. The number of hydrogen-bond acceptors (Lipinski definition) is 3. The zero-order valence-corrected chi connectivity index (χ0v) is 17.2. The van der Waals surface area contributed by atoms with E-state index in [2.05, 4.69) is 0 Å². The van der Waals surface area contributed by atoms with Gasteiger partial charge in [-0.3, -0.25) is 4.79 Å². The summed E-state index contributed by atoms with van der Waals surface area (Å²) in [5, 5.41) is 0.334. The molecule has 0 radical (unpaired) electrons. The van der Waals surface area contributed by atoms with E-state index in [-0.39, 0.29) is 27.7 Å². The Hall–Kier alpha value is -2.47. The van der Waals surface area contributed by atoms with E-state index < -0.39 is 15.8 Å². The fraction of sp³-hybridized carbons (Fsp3) is 0.318. The highest BCUT2D eigenvalue weighted by molar-refractivity contribution is 7.90. The molecule has 0 saturated heterocycles. The van der Waals surface area contributed by atoms with Gasteiger partial charge in [-0.1, -0.05) is 29.8 Å². The van der Waals surface area contributed by atoms with Crippen LogP contribution in [0, 0.1) is 26.6 Å². The number of carbonyl (C=O) groups is 1. The molecule has 6 heteroatoms. The van der Waals surface area contributed by atoms with Crippen molar-refractivity contribution in [3.8, 4) is 0 Å². The van der Waals surface area contributed by atoms with E-state index in [4.69, 9.17) is 0 Å². The Kier molecular flexibility index (Phi) is 4.23. The first-order chi connectivity index (χ1) is 13.1. The molecule has 146 valence electrons. The van der Waals surface area contributed by atoms with Crippen LogP contribution >= 0.6 is 0 Å². The molecule has 2 aromatic carbocycles. The number of hydrogen-bond donors (Lipinski definition) is 0. The minimum Gasteiger partial charge on any atom is -0.294 e. The van der Waals surface area contributed by atoms with E-state index in [1.807, 2.05) is 6.92 Å². The van der Waals surface area contributed by atoms with Gasteiger partial charge in [-0.2, -0.15) is 0 Å². The highest BCUT2D eigenvalue weighted by Crippen LogP contribution is 2.43. The molecule has 0 aliphatic heterocycles. The number of ketones is 1. The first-order valence-corrected chi connectivity index (χ1v) is 10.7. The molecule has 1 aliphatic carbocycles. The lowest BCUT2D eigenvalue weighted by atomic mass is 10.0. The summed E-state index contributed by atoms with van der Waals surface area (Å²) in [5.74, 6) is -0.715. The summed E-state index contributed by atoms with van der Waals surface area (Å²) in [5.41, 5.74) is 2.86. The lowest BCUT2D eigenvalue weighted by Gasteiger charge is -2.14. The minimum atomic E-state index is -4.08. The Labute approximate surface area is 164 Å². The summed E-state index contributed by atoms with van der Waals surface area (Å²) in [7, 11) is -4.08. The van der Waals surface area contributed by atoms with Crippen molar-refractivity contribution in [1.82, 2.24) is 3.97 Å². The van der Waals surface area contributed by atoms with Crippen molar-refractivity contribution in [2.24, 2.45) is 0 Å². The van der Waals surface area contributed by atoms with Crippen LogP contribution in [0.25, 0.3) is 10.9 Å². The molecule has 1 heterocycles. The maximum atomic E-state index is 15.4. The molecule has 1 aromatic heterocycles. The summed E-state index contributed by atoms with van der Waals surface area (Å²) in [6.45, 7) is 6.73. The van der Waals surface area contributed by atoms with E-state index in [1.165, 1.54) is 13.1 Å². The Balaban J connectivity index is 2.08. The van der Waals surface area contributed by atoms with Crippen LogP contribution < -0.4 is 0 Å². The van der Waals surface area contributed by atoms with Gasteiger partial charge < -0.3 is 0 Å². The summed E-state index contributed by atoms with van der Waals surface area (Å²) in [6, 6.07) is 6.94. The largest absolute Gasteiger partial charge is 0.294 e. The zero-order chi connectivity index (χ0) is 20.4. The van der Waals surface area contributed by atoms with E-state index in [9.17, 15) is 13.2 Å². The number of aryl methyl sites for hydroxylation is 3. The van der Waals surface area contributed by atoms with Gasteiger partial charge in [0.2, 0.25) is 0 Å². The fourth-order valence-corrected chi connectivity index (χ4v) is 5.91. The molecule has 4 nitrogen and oxygen atoms in total. The van der Waals surface area contributed by atoms with Gasteiger partial charge in [0.15, 0.2) is 11.6 Å². The van der Waals surface area contributed by atoms with Gasteiger partial charge in [-0.15, -0.1) is 0 Å². The Morgan fingerprint density at radius 3 is 2.25 bits per heavy atom. The molecular weight excluding hydrogens is 377 g/mol. The normalized spacial score (nSPS) is 14.6. The van der Waals surface area contributed by atoms with E-state index >= 15 is 4.39 Å². The lowest BCUT2D eigenvalue weighted by Crippen LogP contribution is -2.16. The first kappa shape index (κ1) is 18.9. The number of carbonyl (C=O) groups excluding carboxylic acids is 1. The highest BCUT2D eigenvalue weighted by atomic mass is 32.2. The van der Waals surface area contributed by atoms with Crippen molar-refractivity contribution >= 4 is 26.7 Å². The van der Waals surface area contributed by atoms with Crippen LogP contribution in [0.1, 0.15) is 58.3 Å². The summed E-state index contributed by atoms with van der Waals surface area (Å²) in [6.07, 6.45) is 3.05. The van der Waals surface area contributed by atoms with Gasteiger partial charge in [-0.05, 0) is 63.1 Å². The van der Waals surface area contributed by atoms with Crippen LogP contribution in [0.3, 0.4) is 0 Å². The summed E-state index contributed by atoms with van der Waals surface area (Å²) in [4.78, 5) is 12.3. The smallest absolute Gasteiger partial charge is 0.268 e. The first-order valence-electron chi connectivity index (χ1n) is 9.30. The number of nitrogens with zero attached hydrogens (tertiary/aromatic N) is 1. The van der Waals surface area contributed by atoms with Crippen molar-refractivity contribution in [2.45, 2.75) is 51.3 Å². The fourth-order valence-electron chi connectivity index (χ4n) is 4.12. The van der Waals surface area contributed by atoms with Crippen molar-refractivity contribution in [3.63, 3.8) is 0 Å². The zero-order valence-electron chi connectivity index (χ0n) is 16.3. The molecular formula is C22H22FNO3S. The van der Waals surface area contributed by atoms with E-state index in [0.29, 0.717) is 22.1 Å². The van der Waals surface area contributed by atoms with Gasteiger partial charge >= 0.3 is 0 Å². The third-order valence-electron chi connectivity index (χ3n) is 5.42. The highest BCUT2D eigenvalue weighted by Gasteiger charge is 2.32. The average molecular weight is 399 g/mol. The van der Waals surface area contributed by atoms with Gasteiger partial charge in [0.1, 0.15) is 5.52 Å². The Bertz CT molecular complexity index is 1230. The topological polar surface area (TPSA) is 56.1 Å². The number of halogens is 1. The van der Waals surface area contributed by atoms with Gasteiger partial charge in [0, 0.05) is 17.1 Å². The number of aromatic nitrogens is 1. The van der Waals surface area contributed by atoms with E-state index in [1.54, 1.807) is 38.1 Å². The number of fused-ring (bicyclic) bond motifs is 1. The number of Topliss-reactive ketones (excluding diaryl/α,β-unsaturated/α-hetero) is 1. The molecule has 0 unspecified atom stereocenters. The maximum absolute atomic E-state index is 15.4. The van der Waals surface area contributed by atoms with Crippen LogP contribution in [-0.2, 0) is 10.0 Å². The van der Waals surface area contributed by atoms with E-state index in [0.717, 1.165) is 22.4 Å². The van der Waals surface area contributed by atoms with Crippen LogP contribution in [0.5, 0.6) is 0 Å². The molecule has 0 spiro atoms. The van der Waals surface area contributed by atoms with Crippen molar-refractivity contribution in [1.29, 1.82) is 0 Å². The van der Waals surface area contributed by atoms with Gasteiger partial charge in [0.05, 0.1) is 4.90 Å². The molecule has 4 rings (SSSR count). The Morgan fingerprint density at radius 2 is 1.71 bits per heavy atom. The van der Waals surface area contributed by atoms with Crippen LogP contribution in [0.15, 0.2) is 35.4 Å². The summed E-state index contributed by atoms with van der Waals surface area (Å²) >= 11 is 0. The quantitative estimate of drug-likeness (QED) is 0.579. The molecule has 3 aromatic rings. The number of rotatable bonds is 4. The molecule has 1 fully saturated rings. The molecule has 0 atom stereocenters. The standard InChI is InChI=1S/C22H22FNO3S/c1-12-9-13(2)22(14(3)10-12)28(26,27)24-11-19(15(4)25)18-8-7-17(16-5-6-16)20(23)21(18)24/h7-11,16H,5-6H2,1-4H3. The van der Waals surface area contributed by atoms with Crippen LogP contribution in [-0.4, -0.2) is 18.2 Å². The van der Waals surface area contributed by atoms with Crippen LogP contribution in [0.4, 0.5) is 4.39 Å². The molecule has 28 heavy (non-hydrogen) atoms. The van der Waals surface area contributed by atoms with Crippen LogP contribution in [0.2, 0.25) is 0 Å². The second kappa shape index (κ2) is 6.27. The molecule has 0 N–H and O–H groups in total. The summed E-state index contributed by atoms with van der Waals surface area (Å²) < 4.78 is 43.5. The number of benzene rings is 2.